The van der Waals surface area contributed by atoms with E-state index in [1.54, 1.807) is 0 Å². The van der Waals surface area contributed by atoms with Crippen molar-refractivity contribution in [2.24, 2.45) is 11.7 Å². The van der Waals surface area contributed by atoms with E-state index in [-0.39, 0.29) is 23.7 Å². The number of ether oxygens (including phenoxy) is 2. The van der Waals surface area contributed by atoms with Crippen LogP contribution in [0.25, 0.3) is 0 Å². The second-order valence-electron chi connectivity index (χ2n) is 8.59. The highest BCUT2D eigenvalue weighted by atomic mass is 16.5. The molecule has 3 N–H and O–H groups in total. The van der Waals surface area contributed by atoms with E-state index in [1.807, 2.05) is 30.0 Å². The van der Waals surface area contributed by atoms with Crippen LogP contribution in [-0.4, -0.2) is 60.0 Å². The molecule has 2 fully saturated rings. The molecular weight excluding hydrogens is 356 g/mol. The first-order chi connectivity index (χ1) is 13.3. The van der Waals surface area contributed by atoms with E-state index in [1.165, 1.54) is 0 Å². The number of carbonyl (C=O) groups is 1. The van der Waals surface area contributed by atoms with Crippen molar-refractivity contribution in [3.8, 4) is 5.75 Å². The molecule has 0 unspecified atom stereocenters. The molecule has 1 amide bonds. The Hall–Kier alpha value is -1.63. The zero-order chi connectivity index (χ0) is 20.3. The molecule has 6 nitrogen and oxygen atoms in total. The van der Waals surface area contributed by atoms with Gasteiger partial charge in [0.15, 0.2) is 0 Å². The van der Waals surface area contributed by atoms with Crippen LogP contribution in [0.2, 0.25) is 0 Å². The number of likely N-dealkylation sites (tertiary alicyclic amines) is 1. The zero-order valence-corrected chi connectivity index (χ0v) is 17.3. The smallest absolute Gasteiger partial charge is 0.253 e. The molecule has 1 aromatic rings. The lowest BCUT2D eigenvalue weighted by Gasteiger charge is -2.48. The minimum absolute atomic E-state index is 0.0178. The molecule has 2 atom stereocenters. The van der Waals surface area contributed by atoms with Crippen LogP contribution in [-0.2, 0) is 4.74 Å². The number of aliphatic hydroxyl groups is 1. The highest BCUT2D eigenvalue weighted by molar-refractivity contribution is 5.94. The van der Waals surface area contributed by atoms with Gasteiger partial charge in [-0.1, -0.05) is 19.9 Å². The first-order valence-corrected chi connectivity index (χ1v) is 10.4. The number of benzene rings is 1. The van der Waals surface area contributed by atoms with Crippen molar-refractivity contribution in [1.82, 2.24) is 4.90 Å². The van der Waals surface area contributed by atoms with E-state index < -0.39 is 0 Å². The number of hydrogen-bond acceptors (Lipinski definition) is 5. The molecule has 156 valence electrons. The Morgan fingerprint density at radius 1 is 1.39 bits per heavy atom. The Morgan fingerprint density at radius 3 is 2.75 bits per heavy atom. The van der Waals surface area contributed by atoms with Gasteiger partial charge in [0.25, 0.3) is 5.91 Å². The van der Waals surface area contributed by atoms with Crippen molar-refractivity contribution in [2.45, 2.75) is 64.3 Å². The van der Waals surface area contributed by atoms with Crippen molar-refractivity contribution in [1.29, 1.82) is 0 Å². The quantitative estimate of drug-likeness (QED) is 0.807. The lowest BCUT2D eigenvalue weighted by Crippen LogP contribution is -2.54. The number of hydrogen-bond donors (Lipinski definition) is 2. The second kappa shape index (κ2) is 8.80. The number of aliphatic hydroxyl groups excluding tert-OH is 1. The molecule has 0 bridgehead atoms. The predicted octanol–water partition coefficient (Wildman–Crippen LogP) is 2.50. The van der Waals surface area contributed by atoms with Gasteiger partial charge in [-0.25, -0.2) is 0 Å². The van der Waals surface area contributed by atoms with Crippen LogP contribution in [0.3, 0.4) is 0 Å². The number of piperidine rings is 1. The van der Waals surface area contributed by atoms with Gasteiger partial charge in [0, 0.05) is 31.6 Å². The molecule has 0 aromatic heterocycles. The molecule has 2 heterocycles. The number of nitrogens with two attached hydrogens (primary N) is 1. The number of carbonyl (C=O) groups excluding carboxylic acids is 1. The fourth-order valence-corrected chi connectivity index (χ4v) is 4.29. The van der Waals surface area contributed by atoms with E-state index in [2.05, 4.69) is 13.8 Å². The summed E-state index contributed by atoms with van der Waals surface area (Å²) in [5, 5.41) is 10.3. The molecule has 3 rings (SSSR count). The summed E-state index contributed by atoms with van der Waals surface area (Å²) in [4.78, 5) is 14.9. The van der Waals surface area contributed by atoms with Gasteiger partial charge in [-0.2, -0.15) is 0 Å². The van der Waals surface area contributed by atoms with Gasteiger partial charge >= 0.3 is 0 Å². The summed E-state index contributed by atoms with van der Waals surface area (Å²) in [6.45, 7) is 8.39. The SMILES string of the molecule is Cc1ccc(C(=O)N2CCC3(CC2)C[C@H](O)C[C@H](C(C)C)O3)cc1OCCN. The average Bonchev–Trinajstić information content (AvgIpc) is 2.67. The Bertz CT molecular complexity index is 683. The average molecular weight is 391 g/mol. The van der Waals surface area contributed by atoms with Crippen molar-refractivity contribution in [2.75, 3.05) is 26.2 Å². The third-order valence-corrected chi connectivity index (χ3v) is 6.03. The fourth-order valence-electron chi connectivity index (χ4n) is 4.29. The Balaban J connectivity index is 1.65. The second-order valence-corrected chi connectivity index (χ2v) is 8.59. The van der Waals surface area contributed by atoms with Gasteiger partial charge in [0.1, 0.15) is 12.4 Å². The largest absolute Gasteiger partial charge is 0.492 e. The van der Waals surface area contributed by atoms with Crippen LogP contribution in [0, 0.1) is 12.8 Å². The number of nitrogens with zero attached hydrogens (tertiary/aromatic N) is 1. The van der Waals surface area contributed by atoms with E-state index >= 15 is 0 Å². The summed E-state index contributed by atoms with van der Waals surface area (Å²) >= 11 is 0. The van der Waals surface area contributed by atoms with Crippen molar-refractivity contribution >= 4 is 5.91 Å². The molecular formula is C22H34N2O4. The predicted molar refractivity (Wildman–Crippen MR) is 109 cm³/mol. The molecule has 0 aliphatic carbocycles. The van der Waals surface area contributed by atoms with E-state index in [4.69, 9.17) is 15.2 Å². The maximum Gasteiger partial charge on any atom is 0.253 e. The molecule has 0 saturated carbocycles. The first-order valence-electron chi connectivity index (χ1n) is 10.4. The topological polar surface area (TPSA) is 85.0 Å². The third kappa shape index (κ3) is 4.67. The summed E-state index contributed by atoms with van der Waals surface area (Å²) < 4.78 is 12.1. The van der Waals surface area contributed by atoms with Crippen LogP contribution in [0.4, 0.5) is 0 Å². The van der Waals surface area contributed by atoms with Gasteiger partial charge in [-0.3, -0.25) is 4.79 Å². The van der Waals surface area contributed by atoms with Gasteiger partial charge < -0.3 is 25.2 Å². The van der Waals surface area contributed by atoms with Crippen LogP contribution in [0.5, 0.6) is 5.75 Å². The molecule has 2 aliphatic rings. The molecule has 1 spiro atoms. The molecule has 2 aliphatic heterocycles. The maximum absolute atomic E-state index is 13.0. The Kier molecular flexibility index (Phi) is 6.63. The van der Waals surface area contributed by atoms with Crippen molar-refractivity contribution in [3.63, 3.8) is 0 Å². The summed E-state index contributed by atoms with van der Waals surface area (Å²) in [5.74, 6) is 1.11. The summed E-state index contributed by atoms with van der Waals surface area (Å²) in [7, 11) is 0. The lowest BCUT2D eigenvalue weighted by atomic mass is 9.80. The van der Waals surface area contributed by atoms with E-state index in [9.17, 15) is 9.90 Å². The van der Waals surface area contributed by atoms with Crippen molar-refractivity contribution in [3.05, 3.63) is 29.3 Å². The minimum atomic E-state index is -0.317. The monoisotopic (exact) mass is 390 g/mol. The van der Waals surface area contributed by atoms with E-state index in [0.717, 1.165) is 18.4 Å². The van der Waals surface area contributed by atoms with Crippen LogP contribution in [0.1, 0.15) is 55.5 Å². The van der Waals surface area contributed by atoms with Crippen LogP contribution >= 0.6 is 0 Å². The molecule has 0 radical (unpaired) electrons. The molecule has 6 heteroatoms. The van der Waals surface area contributed by atoms with Gasteiger partial charge in [0.05, 0.1) is 17.8 Å². The summed E-state index contributed by atoms with van der Waals surface area (Å²) in [6, 6.07) is 5.58. The maximum atomic E-state index is 13.0. The standard InChI is InChI=1S/C22H34N2O4/c1-15(2)19-13-18(25)14-22(28-19)6-9-24(10-7-22)21(26)17-5-4-16(3)20(12-17)27-11-8-23/h4-5,12,15,18-19,25H,6-11,13-14,23H2,1-3H3/t18-,19-/m1/s1. The van der Waals surface area contributed by atoms with Crippen LogP contribution < -0.4 is 10.5 Å². The molecule has 1 aromatic carbocycles. The third-order valence-electron chi connectivity index (χ3n) is 6.03. The number of rotatable bonds is 5. The molecule has 2 saturated heterocycles. The van der Waals surface area contributed by atoms with Crippen LogP contribution in [0.15, 0.2) is 18.2 Å². The Labute approximate surface area is 168 Å². The van der Waals surface area contributed by atoms with Gasteiger partial charge in [-0.15, -0.1) is 0 Å². The van der Waals surface area contributed by atoms with Crippen molar-refractivity contribution < 1.29 is 19.4 Å². The lowest BCUT2D eigenvalue weighted by molar-refractivity contribution is -0.190. The summed E-state index contributed by atoms with van der Waals surface area (Å²) in [6.07, 6.45) is 2.67. The molecule has 28 heavy (non-hydrogen) atoms. The fraction of sp³-hybridized carbons (Fsp3) is 0.682. The minimum Gasteiger partial charge on any atom is -0.492 e. The first kappa shape index (κ1) is 21.1. The number of aryl methyl sites for hydroxylation is 1. The highest BCUT2D eigenvalue weighted by Gasteiger charge is 2.44. The van der Waals surface area contributed by atoms with Gasteiger partial charge in [0.2, 0.25) is 0 Å². The van der Waals surface area contributed by atoms with E-state index in [0.29, 0.717) is 56.3 Å². The number of amides is 1. The normalized spacial score (nSPS) is 24.6. The zero-order valence-electron chi connectivity index (χ0n) is 17.3. The Morgan fingerprint density at radius 2 is 2.11 bits per heavy atom. The summed E-state index contributed by atoms with van der Waals surface area (Å²) in [5.41, 5.74) is 6.85. The highest BCUT2D eigenvalue weighted by Crippen LogP contribution is 2.39. The van der Waals surface area contributed by atoms with Gasteiger partial charge in [-0.05, 0) is 49.8 Å².